The largest absolute Gasteiger partial charge is 0.352 e. The van der Waals surface area contributed by atoms with E-state index in [1.807, 2.05) is 21.6 Å². The van der Waals surface area contributed by atoms with E-state index < -0.39 is 0 Å². The summed E-state index contributed by atoms with van der Waals surface area (Å²) in [5.41, 5.74) is 3.75. The van der Waals surface area contributed by atoms with Crippen LogP contribution in [0.25, 0.3) is 16.9 Å². The van der Waals surface area contributed by atoms with E-state index in [4.69, 9.17) is 23.2 Å². The van der Waals surface area contributed by atoms with Gasteiger partial charge in [-0.25, -0.2) is 15.0 Å². The van der Waals surface area contributed by atoms with E-state index >= 15 is 0 Å². The molecule has 0 aliphatic carbocycles. The van der Waals surface area contributed by atoms with Crippen molar-refractivity contribution in [3.63, 3.8) is 0 Å². The number of fused-ring (bicyclic) bond motifs is 1. The number of nitrogens with zero attached hydrogens (tertiary/aromatic N) is 5. The third-order valence-electron chi connectivity index (χ3n) is 3.63. The average Bonchev–Trinajstić information content (AvgIpc) is 2.99. The zero-order valence-corrected chi connectivity index (χ0v) is 14.3. The minimum atomic E-state index is 0.501. The van der Waals surface area contributed by atoms with Crippen molar-refractivity contribution in [2.24, 2.45) is 0 Å². The summed E-state index contributed by atoms with van der Waals surface area (Å²) in [6.07, 6.45) is 3.33. The minimum absolute atomic E-state index is 0.501. The van der Waals surface area contributed by atoms with Gasteiger partial charge in [0, 0.05) is 30.5 Å². The van der Waals surface area contributed by atoms with Crippen LogP contribution in [-0.2, 0) is 0 Å². The van der Waals surface area contributed by atoms with Crippen molar-refractivity contribution in [3.05, 3.63) is 42.5 Å². The predicted octanol–water partition coefficient (Wildman–Crippen LogP) is 3.41. The van der Waals surface area contributed by atoms with E-state index in [2.05, 4.69) is 34.0 Å². The Labute approximate surface area is 144 Å². The molecule has 3 rings (SSSR count). The maximum atomic E-state index is 5.90. The summed E-state index contributed by atoms with van der Waals surface area (Å²) in [6.45, 7) is 3.39. The second-order valence-corrected chi connectivity index (χ2v) is 5.94. The zero-order chi connectivity index (χ0) is 16.2. The zero-order valence-electron chi connectivity index (χ0n) is 12.8. The fourth-order valence-electron chi connectivity index (χ4n) is 2.48. The Kier molecular flexibility index (Phi) is 4.98. The molecule has 1 aromatic carbocycles. The molecule has 23 heavy (non-hydrogen) atoms. The highest BCUT2D eigenvalue weighted by molar-refractivity contribution is 6.18. The monoisotopic (exact) mass is 349 g/mol. The molecule has 0 fully saturated rings. The lowest BCUT2D eigenvalue weighted by Crippen LogP contribution is -2.28. The number of hydrogen-bond donors (Lipinski definition) is 0. The van der Waals surface area contributed by atoms with Crippen molar-refractivity contribution >= 4 is 40.2 Å². The van der Waals surface area contributed by atoms with Gasteiger partial charge in [-0.05, 0) is 19.1 Å². The summed E-state index contributed by atoms with van der Waals surface area (Å²) in [5.74, 6) is 1.77. The molecule has 5 nitrogen and oxygen atoms in total. The van der Waals surface area contributed by atoms with Crippen molar-refractivity contribution in [1.82, 2.24) is 19.5 Å². The molecule has 120 valence electrons. The molecule has 0 atom stereocenters. The highest BCUT2D eigenvalue weighted by atomic mass is 35.5. The van der Waals surface area contributed by atoms with Gasteiger partial charge >= 0.3 is 0 Å². The summed E-state index contributed by atoms with van der Waals surface area (Å²) < 4.78 is 1.96. The first-order valence-electron chi connectivity index (χ1n) is 7.36. The highest BCUT2D eigenvalue weighted by Crippen LogP contribution is 2.24. The SMILES string of the molecule is Cc1ccc(-n2cnc3c(N(CCCl)CCCl)ncnc32)cc1. The third kappa shape index (κ3) is 3.26. The molecule has 0 spiro atoms. The number of aryl methyl sites for hydroxylation is 1. The number of aromatic nitrogens is 4. The number of halogens is 2. The number of alkyl halides is 2. The van der Waals surface area contributed by atoms with Crippen LogP contribution in [0.5, 0.6) is 0 Å². The van der Waals surface area contributed by atoms with Crippen LogP contribution in [0.2, 0.25) is 0 Å². The van der Waals surface area contributed by atoms with Gasteiger partial charge in [-0.2, -0.15) is 0 Å². The lowest BCUT2D eigenvalue weighted by Gasteiger charge is -2.21. The second kappa shape index (κ2) is 7.15. The van der Waals surface area contributed by atoms with E-state index in [0.29, 0.717) is 24.8 Å². The summed E-state index contributed by atoms with van der Waals surface area (Å²) in [5, 5.41) is 0. The highest BCUT2D eigenvalue weighted by Gasteiger charge is 2.16. The van der Waals surface area contributed by atoms with E-state index in [0.717, 1.165) is 22.7 Å². The Hall–Kier alpha value is -1.85. The second-order valence-electron chi connectivity index (χ2n) is 5.18. The molecule has 2 heterocycles. The molecule has 0 radical (unpaired) electrons. The Balaban J connectivity index is 2.08. The smallest absolute Gasteiger partial charge is 0.170 e. The quantitative estimate of drug-likeness (QED) is 0.639. The number of benzene rings is 1. The topological polar surface area (TPSA) is 46.8 Å². The van der Waals surface area contributed by atoms with Crippen LogP contribution in [-0.4, -0.2) is 44.4 Å². The molecule has 0 aliphatic rings. The van der Waals surface area contributed by atoms with Crippen LogP contribution in [0.4, 0.5) is 5.82 Å². The molecule has 0 N–H and O–H groups in total. The molecular formula is C16H17Cl2N5. The van der Waals surface area contributed by atoms with Gasteiger partial charge in [-0.3, -0.25) is 4.57 Å². The molecule has 0 saturated heterocycles. The summed E-state index contributed by atoms with van der Waals surface area (Å²) in [4.78, 5) is 15.3. The standard InChI is InChI=1S/C16H17Cl2N5/c1-12-2-4-13(5-3-12)23-11-21-14-15(19-10-20-16(14)23)22(8-6-17)9-7-18/h2-5,10-11H,6-9H2,1H3. The van der Waals surface area contributed by atoms with Crippen molar-refractivity contribution < 1.29 is 0 Å². The number of imidazole rings is 1. The van der Waals surface area contributed by atoms with Gasteiger partial charge < -0.3 is 4.90 Å². The summed E-state index contributed by atoms with van der Waals surface area (Å²) in [6, 6.07) is 8.23. The first kappa shape index (κ1) is 16.0. The predicted molar refractivity (Wildman–Crippen MR) is 95.1 cm³/mol. The first-order chi connectivity index (χ1) is 11.2. The van der Waals surface area contributed by atoms with E-state index in [1.165, 1.54) is 5.56 Å². The van der Waals surface area contributed by atoms with Crippen LogP contribution < -0.4 is 4.90 Å². The van der Waals surface area contributed by atoms with Gasteiger partial charge in [0.2, 0.25) is 0 Å². The number of anilines is 1. The number of hydrogen-bond acceptors (Lipinski definition) is 4. The molecule has 2 aromatic heterocycles. The van der Waals surface area contributed by atoms with Crippen LogP contribution in [0.1, 0.15) is 5.56 Å². The van der Waals surface area contributed by atoms with Crippen molar-refractivity contribution in [2.45, 2.75) is 6.92 Å². The minimum Gasteiger partial charge on any atom is -0.352 e. The Morgan fingerprint density at radius 2 is 1.70 bits per heavy atom. The van der Waals surface area contributed by atoms with Gasteiger partial charge in [0.25, 0.3) is 0 Å². The Bertz CT molecular complexity index is 779. The van der Waals surface area contributed by atoms with Crippen LogP contribution in [0, 0.1) is 6.92 Å². The van der Waals surface area contributed by atoms with Gasteiger partial charge in [0.1, 0.15) is 12.7 Å². The average molecular weight is 350 g/mol. The molecule has 0 aliphatic heterocycles. The molecule has 0 saturated carbocycles. The lowest BCUT2D eigenvalue weighted by molar-refractivity contribution is 0.854. The molecule has 0 amide bonds. The van der Waals surface area contributed by atoms with Gasteiger partial charge in [-0.1, -0.05) is 17.7 Å². The molecule has 0 bridgehead atoms. The van der Waals surface area contributed by atoms with Crippen LogP contribution in [0.3, 0.4) is 0 Å². The fourth-order valence-corrected chi connectivity index (χ4v) is 2.88. The fraction of sp³-hybridized carbons (Fsp3) is 0.312. The van der Waals surface area contributed by atoms with Gasteiger partial charge in [-0.15, -0.1) is 23.2 Å². The normalized spacial score (nSPS) is 11.1. The van der Waals surface area contributed by atoms with Crippen molar-refractivity contribution in [3.8, 4) is 5.69 Å². The summed E-state index contributed by atoms with van der Waals surface area (Å²) >= 11 is 11.8. The van der Waals surface area contributed by atoms with Gasteiger partial charge in [0.05, 0.1) is 0 Å². The van der Waals surface area contributed by atoms with Crippen LogP contribution in [0.15, 0.2) is 36.9 Å². The molecule has 7 heteroatoms. The third-order valence-corrected chi connectivity index (χ3v) is 3.97. The Morgan fingerprint density at radius 1 is 1.00 bits per heavy atom. The van der Waals surface area contributed by atoms with E-state index in [-0.39, 0.29) is 0 Å². The van der Waals surface area contributed by atoms with Crippen molar-refractivity contribution in [2.75, 3.05) is 29.7 Å². The molecule has 0 unspecified atom stereocenters. The Morgan fingerprint density at radius 3 is 2.35 bits per heavy atom. The summed E-state index contributed by atoms with van der Waals surface area (Å²) in [7, 11) is 0. The lowest BCUT2D eigenvalue weighted by atomic mass is 10.2. The first-order valence-corrected chi connectivity index (χ1v) is 8.43. The van der Waals surface area contributed by atoms with Crippen molar-refractivity contribution in [1.29, 1.82) is 0 Å². The van der Waals surface area contributed by atoms with Crippen LogP contribution >= 0.6 is 23.2 Å². The maximum absolute atomic E-state index is 5.90. The maximum Gasteiger partial charge on any atom is 0.170 e. The molecular weight excluding hydrogens is 333 g/mol. The van der Waals surface area contributed by atoms with E-state index in [9.17, 15) is 0 Å². The van der Waals surface area contributed by atoms with Gasteiger partial charge in [0.15, 0.2) is 17.0 Å². The van der Waals surface area contributed by atoms with E-state index in [1.54, 1.807) is 12.7 Å². The number of rotatable bonds is 6. The molecule has 3 aromatic rings.